The molecular formula is C32H34FN5O3. The number of carbonyl (C=O) groups excluding carboxylic acids is 1. The van der Waals surface area contributed by atoms with Crippen LogP contribution in [0.15, 0.2) is 59.9 Å². The summed E-state index contributed by atoms with van der Waals surface area (Å²) in [6, 6.07) is 11.7. The monoisotopic (exact) mass is 555 g/mol. The van der Waals surface area contributed by atoms with Crippen molar-refractivity contribution in [3.8, 4) is 22.7 Å². The molecule has 3 heterocycles. The van der Waals surface area contributed by atoms with Gasteiger partial charge in [-0.3, -0.25) is 4.79 Å². The first kappa shape index (κ1) is 28.0. The minimum Gasteiger partial charge on any atom is -0.507 e. The number of aryl methyl sites for hydroxylation is 2. The molecule has 1 aliphatic heterocycles. The van der Waals surface area contributed by atoms with Crippen LogP contribution in [0.25, 0.3) is 28.0 Å². The third kappa shape index (κ3) is 4.85. The highest BCUT2D eigenvalue weighted by Crippen LogP contribution is 2.37. The van der Waals surface area contributed by atoms with Crippen molar-refractivity contribution in [1.82, 2.24) is 19.4 Å². The topological polar surface area (TPSA) is 91.6 Å². The van der Waals surface area contributed by atoms with Crippen LogP contribution in [0.1, 0.15) is 43.4 Å². The lowest BCUT2D eigenvalue weighted by Crippen LogP contribution is -2.54. The molecule has 0 saturated carbocycles. The van der Waals surface area contributed by atoms with Crippen LogP contribution in [-0.2, 0) is 4.79 Å². The molecule has 9 heteroatoms. The molecule has 2 aromatic carbocycles. The highest BCUT2D eigenvalue weighted by atomic mass is 19.1. The Balaban J connectivity index is 1.83. The van der Waals surface area contributed by atoms with Gasteiger partial charge in [0, 0.05) is 25.7 Å². The van der Waals surface area contributed by atoms with Crippen LogP contribution in [0.3, 0.4) is 0 Å². The van der Waals surface area contributed by atoms with Crippen molar-refractivity contribution >= 4 is 22.8 Å². The van der Waals surface area contributed by atoms with E-state index in [4.69, 9.17) is 4.98 Å². The maximum atomic E-state index is 15.1. The van der Waals surface area contributed by atoms with Crippen molar-refractivity contribution in [2.75, 3.05) is 24.5 Å². The van der Waals surface area contributed by atoms with Crippen molar-refractivity contribution < 1.29 is 14.3 Å². The van der Waals surface area contributed by atoms with E-state index in [9.17, 15) is 14.7 Å². The molecule has 1 atom stereocenters. The number of halogens is 1. The molecule has 1 aliphatic rings. The second-order valence-corrected chi connectivity index (χ2v) is 10.9. The van der Waals surface area contributed by atoms with Gasteiger partial charge in [-0.1, -0.05) is 44.7 Å². The molecule has 4 aromatic rings. The van der Waals surface area contributed by atoms with Crippen LogP contribution in [0, 0.1) is 19.7 Å². The Labute approximate surface area is 238 Å². The zero-order chi connectivity index (χ0) is 29.6. The van der Waals surface area contributed by atoms with E-state index >= 15 is 4.39 Å². The lowest BCUT2D eigenvalue weighted by atomic mass is 9.97. The van der Waals surface area contributed by atoms with Gasteiger partial charge in [0.25, 0.3) is 0 Å². The van der Waals surface area contributed by atoms with Crippen molar-refractivity contribution in [2.24, 2.45) is 0 Å². The van der Waals surface area contributed by atoms with Gasteiger partial charge in [-0.25, -0.2) is 18.7 Å². The highest BCUT2D eigenvalue weighted by molar-refractivity contribution is 5.92. The number of piperazine rings is 1. The number of nitrogens with zero attached hydrogens (tertiary/aromatic N) is 5. The second-order valence-electron chi connectivity index (χ2n) is 10.9. The van der Waals surface area contributed by atoms with Gasteiger partial charge < -0.3 is 14.9 Å². The molecule has 0 unspecified atom stereocenters. The average molecular weight is 556 g/mol. The number of pyridine rings is 1. The molecule has 0 bridgehead atoms. The minimum absolute atomic E-state index is 0.0250. The number of fused-ring (bicyclic) bond motifs is 1. The first-order chi connectivity index (χ1) is 19.5. The average Bonchev–Trinajstić information content (AvgIpc) is 2.93. The number of phenolic OH excluding ortho intramolecular Hbond substituents is 1. The predicted molar refractivity (Wildman–Crippen MR) is 159 cm³/mol. The van der Waals surface area contributed by atoms with Crippen LogP contribution in [0.2, 0.25) is 0 Å². The molecule has 0 spiro atoms. The third-order valence-electron chi connectivity index (χ3n) is 7.77. The number of para-hydroxylation sites is 1. The van der Waals surface area contributed by atoms with Crippen molar-refractivity contribution in [3.05, 3.63) is 88.1 Å². The number of hydrogen-bond acceptors (Lipinski definition) is 6. The fraction of sp³-hybridized carbons (Fsp3) is 0.312. The van der Waals surface area contributed by atoms with Gasteiger partial charge in [0.2, 0.25) is 5.91 Å². The van der Waals surface area contributed by atoms with Gasteiger partial charge >= 0.3 is 5.69 Å². The maximum Gasteiger partial charge on any atom is 0.355 e. The van der Waals surface area contributed by atoms with Crippen LogP contribution in [0.5, 0.6) is 5.75 Å². The normalized spacial score (nSPS) is 15.5. The molecular weight excluding hydrogens is 521 g/mol. The Morgan fingerprint density at radius 2 is 1.85 bits per heavy atom. The van der Waals surface area contributed by atoms with E-state index in [0.29, 0.717) is 47.7 Å². The fourth-order valence-electron chi connectivity index (χ4n) is 5.71. The SMILES string of the molecule is C=CC(=O)N1CCN(c2nc(=O)n(-c3c(C)cccc3C(C)C)c3nc(-c4c(O)cccc4F)c(C)cc23)[C@@H](C)C1. The largest absolute Gasteiger partial charge is 0.507 e. The maximum absolute atomic E-state index is 15.1. The summed E-state index contributed by atoms with van der Waals surface area (Å²) in [5.74, 6) is -0.434. The van der Waals surface area contributed by atoms with Gasteiger partial charge in [-0.2, -0.15) is 4.98 Å². The van der Waals surface area contributed by atoms with E-state index in [-0.39, 0.29) is 34.9 Å². The fourth-order valence-corrected chi connectivity index (χ4v) is 5.71. The standard InChI is InChI=1S/C32H34FN5O3/c1-7-26(40)36-14-15-37(21(6)17-36)30-23-16-20(5)28(27-24(33)12-9-13-25(27)39)34-31(23)38(32(41)35-30)29-19(4)10-8-11-22(29)18(2)3/h7-13,16,18,21,39H,1,14-15,17H2,2-6H3/t21-/m0/s1. The second kappa shape index (κ2) is 10.8. The zero-order valence-corrected chi connectivity index (χ0v) is 24.0. The van der Waals surface area contributed by atoms with E-state index in [0.717, 1.165) is 11.1 Å². The Kier molecular flexibility index (Phi) is 7.38. The minimum atomic E-state index is -0.612. The van der Waals surface area contributed by atoms with Gasteiger partial charge in [0.1, 0.15) is 17.4 Å². The number of rotatable bonds is 5. The summed E-state index contributed by atoms with van der Waals surface area (Å²) < 4.78 is 16.6. The quantitative estimate of drug-likeness (QED) is 0.338. The first-order valence-corrected chi connectivity index (χ1v) is 13.7. The molecule has 8 nitrogen and oxygen atoms in total. The number of amides is 1. The summed E-state index contributed by atoms with van der Waals surface area (Å²) in [6.07, 6.45) is 1.30. The molecule has 2 aromatic heterocycles. The zero-order valence-electron chi connectivity index (χ0n) is 24.0. The van der Waals surface area contributed by atoms with Crippen LogP contribution < -0.4 is 10.6 Å². The van der Waals surface area contributed by atoms with Crippen LogP contribution in [0.4, 0.5) is 10.2 Å². The summed E-state index contributed by atoms with van der Waals surface area (Å²) in [6.45, 7) is 14.8. The van der Waals surface area contributed by atoms with Crippen molar-refractivity contribution in [3.63, 3.8) is 0 Å². The Morgan fingerprint density at radius 1 is 1.12 bits per heavy atom. The lowest BCUT2D eigenvalue weighted by molar-refractivity contribution is -0.126. The third-order valence-corrected chi connectivity index (χ3v) is 7.77. The van der Waals surface area contributed by atoms with Crippen molar-refractivity contribution in [1.29, 1.82) is 0 Å². The van der Waals surface area contributed by atoms with E-state index < -0.39 is 11.5 Å². The predicted octanol–water partition coefficient (Wildman–Crippen LogP) is 5.26. The summed E-state index contributed by atoms with van der Waals surface area (Å²) in [4.78, 5) is 39.5. The van der Waals surface area contributed by atoms with Gasteiger partial charge in [0.05, 0.1) is 22.3 Å². The number of hydrogen-bond donors (Lipinski definition) is 1. The molecule has 41 heavy (non-hydrogen) atoms. The molecule has 1 amide bonds. The summed E-state index contributed by atoms with van der Waals surface area (Å²) in [7, 11) is 0. The van der Waals surface area contributed by atoms with Gasteiger partial charge in [0.15, 0.2) is 5.65 Å². The highest BCUT2D eigenvalue weighted by Gasteiger charge is 2.30. The smallest absolute Gasteiger partial charge is 0.355 e. The molecule has 5 rings (SSSR count). The van der Waals surface area contributed by atoms with E-state index in [2.05, 4.69) is 25.4 Å². The van der Waals surface area contributed by atoms with Gasteiger partial charge in [-0.05, 0) is 67.7 Å². The molecule has 1 fully saturated rings. The van der Waals surface area contributed by atoms with E-state index in [1.165, 1.54) is 28.8 Å². The Bertz CT molecular complexity index is 1730. The summed E-state index contributed by atoms with van der Waals surface area (Å²) in [5.41, 5.74) is 3.15. The van der Waals surface area contributed by atoms with E-state index in [1.807, 2.05) is 43.0 Å². The number of aromatic nitrogens is 3. The number of carbonyl (C=O) groups is 1. The number of benzene rings is 2. The Hall–Kier alpha value is -4.53. The first-order valence-electron chi connectivity index (χ1n) is 13.7. The molecule has 0 radical (unpaired) electrons. The summed E-state index contributed by atoms with van der Waals surface area (Å²) in [5, 5.41) is 11.2. The molecule has 0 aliphatic carbocycles. The number of aromatic hydroxyl groups is 1. The lowest BCUT2D eigenvalue weighted by Gasteiger charge is -2.40. The molecule has 1 saturated heterocycles. The number of anilines is 1. The Morgan fingerprint density at radius 3 is 2.51 bits per heavy atom. The van der Waals surface area contributed by atoms with Crippen LogP contribution >= 0.6 is 0 Å². The van der Waals surface area contributed by atoms with Gasteiger partial charge in [-0.15, -0.1) is 0 Å². The number of phenols is 1. The molecule has 1 N–H and O–H groups in total. The van der Waals surface area contributed by atoms with Crippen molar-refractivity contribution in [2.45, 2.75) is 46.6 Å². The van der Waals surface area contributed by atoms with E-state index in [1.54, 1.807) is 11.8 Å². The molecule has 212 valence electrons. The summed E-state index contributed by atoms with van der Waals surface area (Å²) >= 11 is 0. The van der Waals surface area contributed by atoms with Crippen LogP contribution in [-0.4, -0.2) is 56.1 Å².